The van der Waals surface area contributed by atoms with Gasteiger partial charge < -0.3 is 0 Å². The number of rotatable bonds is 2. The molecule has 0 atom stereocenters. The van der Waals surface area contributed by atoms with Crippen LogP contribution in [-0.4, -0.2) is 18.1 Å². The highest BCUT2D eigenvalue weighted by Gasteiger charge is 2.60. The molecule has 1 nitrogen and oxygen atoms in total. The summed E-state index contributed by atoms with van der Waals surface area (Å²) in [6, 6.07) is 1.35. The molecule has 0 spiro atoms. The quantitative estimate of drug-likeness (QED) is 0.586. The second-order valence-electron chi connectivity index (χ2n) is 4.30. The fourth-order valence-electron chi connectivity index (χ4n) is 1.74. The van der Waals surface area contributed by atoms with Gasteiger partial charge in [-0.15, -0.1) is 0 Å². The highest BCUT2D eigenvalue weighted by Crippen LogP contribution is 2.41. The molecule has 0 aliphatic heterocycles. The molecule has 0 heterocycles. The van der Waals surface area contributed by atoms with Gasteiger partial charge in [-0.25, -0.2) is 4.39 Å². The maximum absolute atomic E-state index is 13.3. The number of benzene rings is 1. The van der Waals surface area contributed by atoms with Crippen LogP contribution >= 0.6 is 0 Å². The average Bonchev–Trinajstić information content (AvgIpc) is 2.20. The lowest BCUT2D eigenvalue weighted by Gasteiger charge is -2.22. The molecule has 8 heteroatoms. The minimum absolute atomic E-state index is 0.198. The largest absolute Gasteiger partial charge is 0.407 e. The maximum Gasteiger partial charge on any atom is 0.407 e. The Bertz CT molecular complexity index is 491. The monoisotopic (exact) mass is 302 g/mol. The molecule has 0 bridgehead atoms. The molecule has 0 radical (unpaired) electrons. The topological polar surface area (TPSA) is 17.1 Å². The standard InChI is InChI=1S/C12H9F7O/c1-5-3-7(4-6(2)8(5)13)9(20)10(11(14,15)16)12(17,18)19/h3-4,10H,1-2H3. The molecule has 0 aliphatic rings. The van der Waals surface area contributed by atoms with Crippen LogP contribution in [0.4, 0.5) is 30.7 Å². The molecule has 0 saturated heterocycles. The summed E-state index contributed by atoms with van der Waals surface area (Å²) in [6.45, 7) is 2.30. The van der Waals surface area contributed by atoms with Crippen LogP contribution in [0.15, 0.2) is 12.1 Å². The first-order chi connectivity index (χ1) is 8.85. The molecule has 20 heavy (non-hydrogen) atoms. The van der Waals surface area contributed by atoms with Crippen molar-refractivity contribution in [2.75, 3.05) is 0 Å². The first kappa shape index (κ1) is 16.5. The van der Waals surface area contributed by atoms with Gasteiger partial charge in [-0.2, -0.15) is 26.3 Å². The van der Waals surface area contributed by atoms with Crippen LogP contribution in [0.2, 0.25) is 0 Å². The van der Waals surface area contributed by atoms with Crippen LogP contribution in [0.5, 0.6) is 0 Å². The number of carbonyl (C=O) groups is 1. The Hall–Kier alpha value is -1.60. The minimum Gasteiger partial charge on any atom is -0.293 e. The third-order valence-electron chi connectivity index (χ3n) is 2.64. The summed E-state index contributed by atoms with van der Waals surface area (Å²) < 4.78 is 87.8. The third-order valence-corrected chi connectivity index (χ3v) is 2.64. The Labute approximate surface area is 109 Å². The summed E-state index contributed by atoms with van der Waals surface area (Å²) in [5.74, 6) is -7.03. The Morgan fingerprint density at radius 1 is 0.950 bits per heavy atom. The van der Waals surface area contributed by atoms with Gasteiger partial charge in [-0.05, 0) is 37.1 Å². The van der Waals surface area contributed by atoms with E-state index >= 15 is 0 Å². The van der Waals surface area contributed by atoms with E-state index in [2.05, 4.69) is 0 Å². The van der Waals surface area contributed by atoms with E-state index in [0.29, 0.717) is 12.1 Å². The average molecular weight is 302 g/mol. The van der Waals surface area contributed by atoms with Crippen LogP contribution in [0.25, 0.3) is 0 Å². The van der Waals surface area contributed by atoms with Crippen LogP contribution in [-0.2, 0) is 0 Å². The van der Waals surface area contributed by atoms with E-state index in [1.807, 2.05) is 0 Å². The first-order valence-corrected chi connectivity index (χ1v) is 5.30. The predicted octanol–water partition coefficient (Wildman–Crippen LogP) is 4.37. The van der Waals surface area contributed by atoms with Crippen molar-refractivity contribution in [2.24, 2.45) is 5.92 Å². The zero-order valence-electron chi connectivity index (χ0n) is 10.3. The highest BCUT2D eigenvalue weighted by molar-refractivity contribution is 5.99. The van der Waals surface area contributed by atoms with E-state index < -0.39 is 35.4 Å². The molecule has 1 rings (SSSR count). The number of carbonyl (C=O) groups excluding carboxylic acids is 1. The Morgan fingerprint density at radius 3 is 1.60 bits per heavy atom. The molecule has 112 valence electrons. The smallest absolute Gasteiger partial charge is 0.293 e. The van der Waals surface area contributed by atoms with Gasteiger partial charge in [-0.3, -0.25) is 4.79 Å². The number of ketones is 1. The lowest BCUT2D eigenvalue weighted by Crippen LogP contribution is -2.42. The summed E-state index contributed by atoms with van der Waals surface area (Å²) in [4.78, 5) is 11.5. The van der Waals surface area contributed by atoms with Gasteiger partial charge in [0, 0.05) is 5.56 Å². The summed E-state index contributed by atoms with van der Waals surface area (Å²) >= 11 is 0. The molecule has 0 saturated carbocycles. The lowest BCUT2D eigenvalue weighted by atomic mass is 9.94. The second-order valence-corrected chi connectivity index (χ2v) is 4.30. The van der Waals surface area contributed by atoms with Crippen LogP contribution in [0.1, 0.15) is 21.5 Å². The van der Waals surface area contributed by atoms with E-state index in [1.165, 1.54) is 0 Å². The van der Waals surface area contributed by atoms with Crippen molar-refractivity contribution < 1.29 is 35.5 Å². The molecule has 0 unspecified atom stereocenters. The minimum atomic E-state index is -5.76. The van der Waals surface area contributed by atoms with Crippen LogP contribution in [0, 0.1) is 25.6 Å². The zero-order chi connectivity index (χ0) is 15.9. The zero-order valence-corrected chi connectivity index (χ0v) is 10.3. The summed E-state index contributed by atoms with van der Waals surface area (Å²) in [5.41, 5.74) is -1.21. The van der Waals surface area contributed by atoms with E-state index in [0.717, 1.165) is 13.8 Å². The summed E-state index contributed by atoms with van der Waals surface area (Å²) in [6.07, 6.45) is -11.5. The van der Waals surface area contributed by atoms with Crippen LogP contribution in [0.3, 0.4) is 0 Å². The van der Waals surface area contributed by atoms with Gasteiger partial charge in [0.25, 0.3) is 0 Å². The lowest BCUT2D eigenvalue weighted by molar-refractivity contribution is -0.264. The van der Waals surface area contributed by atoms with Gasteiger partial charge in [-0.1, -0.05) is 0 Å². The third kappa shape index (κ3) is 3.29. The Morgan fingerprint density at radius 2 is 1.30 bits per heavy atom. The van der Waals surface area contributed by atoms with E-state index in [1.54, 1.807) is 0 Å². The summed E-state index contributed by atoms with van der Waals surface area (Å²) in [5, 5.41) is 0. The van der Waals surface area contributed by atoms with Gasteiger partial charge in [0.05, 0.1) is 0 Å². The van der Waals surface area contributed by atoms with Crippen molar-refractivity contribution >= 4 is 5.78 Å². The van der Waals surface area contributed by atoms with Crippen molar-refractivity contribution in [2.45, 2.75) is 26.2 Å². The highest BCUT2D eigenvalue weighted by atomic mass is 19.4. The van der Waals surface area contributed by atoms with Gasteiger partial charge >= 0.3 is 12.4 Å². The molecular formula is C12H9F7O. The van der Waals surface area contributed by atoms with Crippen LogP contribution < -0.4 is 0 Å². The Kier molecular flexibility index (Phi) is 4.17. The van der Waals surface area contributed by atoms with Crippen molar-refractivity contribution in [3.63, 3.8) is 0 Å². The van der Waals surface area contributed by atoms with E-state index in [9.17, 15) is 35.5 Å². The molecule has 0 aliphatic carbocycles. The molecule has 1 aromatic rings. The number of alkyl halides is 6. The fraction of sp³-hybridized carbons (Fsp3) is 0.417. The predicted molar refractivity (Wildman–Crippen MR) is 55.8 cm³/mol. The first-order valence-electron chi connectivity index (χ1n) is 5.30. The van der Waals surface area contributed by atoms with Crippen molar-refractivity contribution in [1.82, 2.24) is 0 Å². The molecular weight excluding hydrogens is 293 g/mol. The van der Waals surface area contributed by atoms with Gasteiger partial charge in [0.1, 0.15) is 5.82 Å². The molecule has 0 fully saturated rings. The molecule has 0 aromatic heterocycles. The van der Waals surface area contributed by atoms with E-state index in [-0.39, 0.29) is 11.1 Å². The number of aryl methyl sites for hydroxylation is 2. The number of halogens is 7. The normalized spacial score (nSPS) is 12.9. The Balaban J connectivity index is 3.35. The van der Waals surface area contributed by atoms with Crippen molar-refractivity contribution in [3.8, 4) is 0 Å². The number of hydrogen-bond acceptors (Lipinski definition) is 1. The van der Waals surface area contributed by atoms with Gasteiger partial charge in [0.15, 0.2) is 5.78 Å². The second kappa shape index (κ2) is 5.06. The molecule has 1 aromatic carbocycles. The van der Waals surface area contributed by atoms with Crippen molar-refractivity contribution in [3.05, 3.63) is 34.6 Å². The SMILES string of the molecule is Cc1cc(C(=O)C(C(F)(F)F)C(F)(F)F)cc(C)c1F. The number of hydrogen-bond donors (Lipinski definition) is 0. The fourth-order valence-corrected chi connectivity index (χ4v) is 1.74. The number of Topliss-reactive ketones (excluding diaryl/α,β-unsaturated/α-hetero) is 1. The molecule has 0 amide bonds. The maximum atomic E-state index is 13.3. The van der Waals surface area contributed by atoms with Crippen molar-refractivity contribution in [1.29, 1.82) is 0 Å². The van der Waals surface area contributed by atoms with Gasteiger partial charge in [0.2, 0.25) is 5.92 Å². The van der Waals surface area contributed by atoms with E-state index in [4.69, 9.17) is 0 Å². The summed E-state index contributed by atoms with van der Waals surface area (Å²) in [7, 11) is 0. The molecule has 0 N–H and O–H groups in total.